The molecule has 0 radical (unpaired) electrons. The van der Waals surface area contributed by atoms with Crippen molar-refractivity contribution in [3.05, 3.63) is 35.5 Å². The molecule has 1 N–H and O–H groups in total. The number of hydrogen-bond donors (Lipinski definition) is 1. The molecule has 0 spiro atoms. The minimum atomic E-state index is -4.42. The number of aromatic amines is 1. The second-order valence-corrected chi connectivity index (χ2v) is 4.20. The van der Waals surface area contributed by atoms with E-state index in [9.17, 15) is 18.0 Å². The number of fused-ring (bicyclic) bond motifs is 1. The van der Waals surface area contributed by atoms with E-state index in [-0.39, 0.29) is 0 Å². The number of ether oxygens (including phenoxy) is 1. The van der Waals surface area contributed by atoms with E-state index in [4.69, 9.17) is 0 Å². The first-order valence-electron chi connectivity index (χ1n) is 5.63. The van der Waals surface area contributed by atoms with Gasteiger partial charge in [-0.2, -0.15) is 13.2 Å². The van der Waals surface area contributed by atoms with Crippen molar-refractivity contribution < 1.29 is 22.7 Å². The normalized spacial score (nSPS) is 12.0. The van der Waals surface area contributed by atoms with Crippen LogP contribution in [-0.4, -0.2) is 30.2 Å². The lowest BCUT2D eigenvalue weighted by atomic mass is 10.1. The minimum absolute atomic E-state index is 0.387. The maximum absolute atomic E-state index is 11.9. The summed E-state index contributed by atoms with van der Waals surface area (Å²) < 4.78 is 40.2. The number of para-hydroxylation sites is 1. The highest BCUT2D eigenvalue weighted by atomic mass is 19.4. The van der Waals surface area contributed by atoms with Crippen molar-refractivity contribution in [1.29, 1.82) is 0 Å². The molecule has 0 bridgehead atoms. The molecule has 0 atom stereocenters. The predicted octanol–water partition coefficient (Wildman–Crippen LogP) is 3.24. The van der Waals surface area contributed by atoms with Crippen molar-refractivity contribution in [1.82, 2.24) is 4.98 Å². The third-order valence-electron chi connectivity index (χ3n) is 2.67. The van der Waals surface area contributed by atoms with Crippen molar-refractivity contribution in [2.24, 2.45) is 0 Å². The Balaban J connectivity index is 2.15. The molecule has 1 aromatic carbocycles. The van der Waals surface area contributed by atoms with Crippen LogP contribution in [0.5, 0.6) is 0 Å². The average molecular weight is 271 g/mol. The lowest BCUT2D eigenvalue weighted by molar-refractivity contribution is -0.170. The summed E-state index contributed by atoms with van der Waals surface area (Å²) in [5.74, 6) is -0.459. The zero-order chi connectivity index (χ0) is 14.0. The van der Waals surface area contributed by atoms with Crippen molar-refractivity contribution in [3.8, 4) is 0 Å². The molecule has 102 valence electrons. The van der Waals surface area contributed by atoms with E-state index in [1.807, 2.05) is 6.07 Å². The number of nitrogens with one attached hydrogen (secondary N) is 1. The van der Waals surface area contributed by atoms with E-state index in [1.165, 1.54) is 0 Å². The summed E-state index contributed by atoms with van der Waals surface area (Å²) in [5, 5.41) is 0.695. The van der Waals surface area contributed by atoms with E-state index in [0.717, 1.165) is 5.52 Å². The van der Waals surface area contributed by atoms with Gasteiger partial charge in [-0.3, -0.25) is 4.79 Å². The van der Waals surface area contributed by atoms with Gasteiger partial charge in [-0.25, -0.2) is 0 Å². The number of aryl methyl sites for hydroxylation is 1. The van der Waals surface area contributed by atoms with Gasteiger partial charge in [0.05, 0.1) is 0 Å². The molecule has 0 unspecified atom stereocenters. The van der Waals surface area contributed by atoms with Crippen LogP contribution in [0.2, 0.25) is 0 Å². The number of aromatic nitrogens is 1. The monoisotopic (exact) mass is 271 g/mol. The summed E-state index contributed by atoms with van der Waals surface area (Å²) in [7, 11) is 0. The number of alkyl halides is 3. The van der Waals surface area contributed by atoms with Crippen molar-refractivity contribution in [3.63, 3.8) is 0 Å². The van der Waals surface area contributed by atoms with E-state index < -0.39 is 25.2 Å². The van der Waals surface area contributed by atoms with Gasteiger partial charge < -0.3 is 9.72 Å². The number of H-pyrrole nitrogens is 1. The number of hydrogen-bond acceptors (Lipinski definition) is 2. The molecule has 1 aromatic heterocycles. The average Bonchev–Trinajstić information content (AvgIpc) is 2.63. The quantitative estimate of drug-likeness (QED) is 0.867. The molecule has 1 heterocycles. The number of carbonyl (C=O) groups is 1. The zero-order valence-electron chi connectivity index (χ0n) is 10.2. The number of halogens is 3. The Bertz CT molecular complexity index is 601. The largest absolute Gasteiger partial charge is 0.411 e. The second kappa shape index (κ2) is 5.05. The Morgan fingerprint density at radius 3 is 2.68 bits per heavy atom. The van der Waals surface area contributed by atoms with E-state index >= 15 is 0 Å². The van der Waals surface area contributed by atoms with Crippen LogP contribution in [0.3, 0.4) is 0 Å². The minimum Gasteiger partial charge on any atom is -0.364 e. The Hall–Kier alpha value is -1.82. The van der Waals surface area contributed by atoms with Gasteiger partial charge in [0, 0.05) is 22.2 Å². The molecule has 0 amide bonds. The third-order valence-corrected chi connectivity index (χ3v) is 2.67. The van der Waals surface area contributed by atoms with Crippen molar-refractivity contribution in [2.45, 2.75) is 13.1 Å². The van der Waals surface area contributed by atoms with Crippen LogP contribution in [0, 0.1) is 6.92 Å². The lowest BCUT2D eigenvalue weighted by Crippen LogP contribution is -2.20. The summed E-state index contributed by atoms with van der Waals surface area (Å²) in [5.41, 5.74) is 1.79. The highest BCUT2D eigenvalue weighted by Crippen LogP contribution is 2.22. The summed E-state index contributed by atoms with van der Waals surface area (Å²) in [6.45, 7) is -0.292. The molecular weight excluding hydrogens is 259 g/mol. The molecule has 0 aliphatic carbocycles. The molecule has 0 fully saturated rings. The third kappa shape index (κ3) is 3.14. The summed E-state index contributed by atoms with van der Waals surface area (Å²) in [6.07, 6.45) is -4.42. The van der Waals surface area contributed by atoms with Gasteiger partial charge in [0.25, 0.3) is 0 Å². The van der Waals surface area contributed by atoms with Crippen molar-refractivity contribution in [2.75, 3.05) is 13.2 Å². The van der Waals surface area contributed by atoms with Gasteiger partial charge in [-0.05, 0) is 13.0 Å². The summed E-state index contributed by atoms with van der Waals surface area (Å²) >= 11 is 0. The fraction of sp³-hybridized carbons (Fsp3) is 0.308. The zero-order valence-corrected chi connectivity index (χ0v) is 10.2. The van der Waals surface area contributed by atoms with Crippen LogP contribution >= 0.6 is 0 Å². The number of carbonyl (C=O) groups excluding carboxylic acids is 1. The van der Waals surface area contributed by atoms with Crippen LogP contribution < -0.4 is 0 Å². The first kappa shape index (κ1) is 13.6. The summed E-state index contributed by atoms with van der Waals surface area (Å²) in [4.78, 5) is 14.9. The topological polar surface area (TPSA) is 42.1 Å². The Labute approximate surface area is 107 Å². The van der Waals surface area contributed by atoms with Crippen LogP contribution in [-0.2, 0) is 4.74 Å². The number of benzene rings is 1. The molecule has 6 heteroatoms. The Morgan fingerprint density at radius 1 is 1.32 bits per heavy atom. The van der Waals surface area contributed by atoms with Gasteiger partial charge in [0.2, 0.25) is 0 Å². The maximum atomic E-state index is 11.9. The first-order valence-corrected chi connectivity index (χ1v) is 5.63. The predicted molar refractivity (Wildman–Crippen MR) is 64.2 cm³/mol. The van der Waals surface area contributed by atoms with Gasteiger partial charge in [-0.15, -0.1) is 0 Å². The fourth-order valence-electron chi connectivity index (χ4n) is 1.97. The number of Topliss-reactive ketones (excluding diaryl/α,β-unsaturated/α-hetero) is 1. The first-order chi connectivity index (χ1) is 8.88. The molecule has 0 aliphatic heterocycles. The van der Waals surface area contributed by atoms with Crippen LogP contribution in [0.1, 0.15) is 16.1 Å². The molecule has 2 aromatic rings. The second-order valence-electron chi connectivity index (χ2n) is 4.20. The molecule has 0 saturated carbocycles. The fourth-order valence-corrected chi connectivity index (χ4v) is 1.97. The van der Waals surface area contributed by atoms with Crippen LogP contribution in [0.15, 0.2) is 24.3 Å². The molecule has 3 nitrogen and oxygen atoms in total. The number of rotatable bonds is 4. The molecule has 0 saturated heterocycles. The Kier molecular flexibility index (Phi) is 3.61. The SMILES string of the molecule is Cc1[nH]c2ccccc2c1C(=O)COCC(F)(F)F. The van der Waals surface area contributed by atoms with Gasteiger partial charge >= 0.3 is 6.18 Å². The standard InChI is InChI=1S/C13H12F3NO2/c1-8-12(9-4-2-3-5-10(9)17-8)11(18)6-19-7-13(14,15)16/h2-5,17H,6-7H2,1H3. The molecular formula is C13H12F3NO2. The molecule has 2 rings (SSSR count). The lowest BCUT2D eigenvalue weighted by Gasteiger charge is -2.07. The maximum Gasteiger partial charge on any atom is 0.411 e. The van der Waals surface area contributed by atoms with Gasteiger partial charge in [0.15, 0.2) is 5.78 Å². The Morgan fingerprint density at radius 2 is 2.00 bits per heavy atom. The molecule has 19 heavy (non-hydrogen) atoms. The van der Waals surface area contributed by atoms with Gasteiger partial charge in [0.1, 0.15) is 13.2 Å². The van der Waals surface area contributed by atoms with Crippen LogP contribution in [0.25, 0.3) is 10.9 Å². The van der Waals surface area contributed by atoms with Gasteiger partial charge in [-0.1, -0.05) is 18.2 Å². The smallest absolute Gasteiger partial charge is 0.364 e. The van der Waals surface area contributed by atoms with Crippen LogP contribution in [0.4, 0.5) is 13.2 Å². The van der Waals surface area contributed by atoms with E-state index in [2.05, 4.69) is 9.72 Å². The van der Waals surface area contributed by atoms with Crippen molar-refractivity contribution >= 4 is 16.7 Å². The highest BCUT2D eigenvalue weighted by Gasteiger charge is 2.28. The van der Waals surface area contributed by atoms with E-state index in [0.29, 0.717) is 16.6 Å². The van der Waals surface area contributed by atoms with E-state index in [1.54, 1.807) is 25.1 Å². The summed E-state index contributed by atoms with van der Waals surface area (Å²) in [6, 6.07) is 7.13. The highest BCUT2D eigenvalue weighted by molar-refractivity contribution is 6.09. The number of ketones is 1. The molecule has 0 aliphatic rings.